The maximum atomic E-state index is 11.0. The van der Waals surface area contributed by atoms with Gasteiger partial charge in [-0.1, -0.05) is 23.2 Å². The number of hydrogen-bond acceptors (Lipinski definition) is 3. The fourth-order valence-corrected chi connectivity index (χ4v) is 1.90. The highest BCUT2D eigenvalue weighted by atomic mass is 35.5. The van der Waals surface area contributed by atoms with Crippen molar-refractivity contribution in [2.75, 3.05) is 11.1 Å². The lowest BCUT2D eigenvalue weighted by Gasteiger charge is -2.10. The lowest BCUT2D eigenvalue weighted by Crippen LogP contribution is -2.03. The molecule has 0 aliphatic rings. The number of nitrogen functional groups attached to an aromatic ring is 1. The first kappa shape index (κ1) is 13.5. The van der Waals surface area contributed by atoms with Crippen molar-refractivity contribution in [1.29, 1.82) is 0 Å². The summed E-state index contributed by atoms with van der Waals surface area (Å²) in [6, 6.07) is 9.60. The van der Waals surface area contributed by atoms with Gasteiger partial charge in [-0.3, -0.25) is 0 Å². The largest absolute Gasteiger partial charge is 0.478 e. The minimum Gasteiger partial charge on any atom is -0.478 e. The molecule has 6 heteroatoms. The van der Waals surface area contributed by atoms with Crippen molar-refractivity contribution in [2.24, 2.45) is 0 Å². The third-order valence-corrected chi connectivity index (χ3v) is 3.06. The summed E-state index contributed by atoms with van der Waals surface area (Å²) in [6.07, 6.45) is 0. The average molecular weight is 297 g/mol. The molecule has 19 heavy (non-hydrogen) atoms. The molecule has 4 nitrogen and oxygen atoms in total. The number of carbonyl (C=O) groups is 1. The molecule has 0 atom stereocenters. The summed E-state index contributed by atoms with van der Waals surface area (Å²) in [5.74, 6) is -1.08. The van der Waals surface area contributed by atoms with Crippen LogP contribution in [-0.4, -0.2) is 11.1 Å². The van der Waals surface area contributed by atoms with Crippen molar-refractivity contribution >= 4 is 46.2 Å². The van der Waals surface area contributed by atoms with Crippen LogP contribution < -0.4 is 11.1 Å². The lowest BCUT2D eigenvalue weighted by molar-refractivity contribution is 0.0698. The molecule has 0 saturated heterocycles. The zero-order valence-electron chi connectivity index (χ0n) is 9.65. The summed E-state index contributed by atoms with van der Waals surface area (Å²) in [6.45, 7) is 0. The van der Waals surface area contributed by atoms with E-state index >= 15 is 0 Å². The van der Waals surface area contributed by atoms with Gasteiger partial charge in [-0.25, -0.2) is 4.79 Å². The van der Waals surface area contributed by atoms with Crippen molar-refractivity contribution in [2.45, 2.75) is 0 Å². The van der Waals surface area contributed by atoms with Crippen molar-refractivity contribution in [1.82, 2.24) is 0 Å². The van der Waals surface area contributed by atoms with E-state index in [0.29, 0.717) is 21.4 Å². The van der Waals surface area contributed by atoms with Gasteiger partial charge >= 0.3 is 5.97 Å². The van der Waals surface area contributed by atoms with Crippen LogP contribution in [0.3, 0.4) is 0 Å². The van der Waals surface area contributed by atoms with Gasteiger partial charge < -0.3 is 16.2 Å². The van der Waals surface area contributed by atoms with Gasteiger partial charge in [-0.05, 0) is 36.4 Å². The van der Waals surface area contributed by atoms with Crippen LogP contribution in [0.2, 0.25) is 10.0 Å². The molecule has 4 N–H and O–H groups in total. The molecule has 0 radical (unpaired) electrons. The zero-order chi connectivity index (χ0) is 14.0. The molecule has 0 aliphatic carbocycles. The normalized spacial score (nSPS) is 10.2. The summed E-state index contributed by atoms with van der Waals surface area (Å²) in [7, 11) is 0. The molecule has 98 valence electrons. The van der Waals surface area contributed by atoms with Gasteiger partial charge in [0.15, 0.2) is 0 Å². The highest BCUT2D eigenvalue weighted by Crippen LogP contribution is 2.29. The van der Waals surface area contributed by atoms with E-state index in [0.717, 1.165) is 0 Å². The average Bonchev–Trinajstić information content (AvgIpc) is 2.36. The van der Waals surface area contributed by atoms with Gasteiger partial charge in [0.2, 0.25) is 0 Å². The van der Waals surface area contributed by atoms with Crippen LogP contribution in [0.4, 0.5) is 17.1 Å². The molecule has 0 aliphatic heterocycles. The Morgan fingerprint density at radius 3 is 2.58 bits per heavy atom. The van der Waals surface area contributed by atoms with E-state index in [2.05, 4.69) is 5.32 Å². The molecule has 0 spiro atoms. The van der Waals surface area contributed by atoms with E-state index in [-0.39, 0.29) is 11.3 Å². The third-order valence-electron chi connectivity index (χ3n) is 2.49. The number of halogens is 2. The van der Waals surface area contributed by atoms with Crippen molar-refractivity contribution < 1.29 is 9.90 Å². The Balaban J connectivity index is 2.36. The Kier molecular flexibility index (Phi) is 3.83. The van der Waals surface area contributed by atoms with Gasteiger partial charge in [0.25, 0.3) is 0 Å². The summed E-state index contributed by atoms with van der Waals surface area (Å²) in [5, 5.41) is 13.0. The number of hydrogen-bond donors (Lipinski definition) is 3. The minimum absolute atomic E-state index is 0.0307. The quantitative estimate of drug-likeness (QED) is 0.748. The molecule has 0 heterocycles. The Hall–Kier alpha value is -1.91. The third kappa shape index (κ3) is 3.10. The maximum absolute atomic E-state index is 11.0. The summed E-state index contributed by atoms with van der Waals surface area (Å²) >= 11 is 11.9. The van der Waals surface area contributed by atoms with E-state index in [4.69, 9.17) is 34.0 Å². The van der Waals surface area contributed by atoms with Crippen molar-refractivity contribution in [3.63, 3.8) is 0 Å². The van der Waals surface area contributed by atoms with Gasteiger partial charge in [0, 0.05) is 16.4 Å². The number of rotatable bonds is 3. The van der Waals surface area contributed by atoms with Crippen LogP contribution in [0.25, 0.3) is 0 Å². The smallest absolute Gasteiger partial charge is 0.337 e. The number of carboxylic acid groups (broad SMARTS) is 1. The Morgan fingerprint density at radius 2 is 1.89 bits per heavy atom. The van der Waals surface area contributed by atoms with Crippen LogP contribution in [0.1, 0.15) is 10.4 Å². The van der Waals surface area contributed by atoms with E-state index in [9.17, 15) is 4.79 Å². The fourth-order valence-electron chi connectivity index (χ4n) is 1.57. The number of anilines is 3. The first-order valence-corrected chi connectivity index (χ1v) is 6.08. The molecule has 0 aromatic heterocycles. The first-order chi connectivity index (χ1) is 8.97. The predicted molar refractivity (Wildman–Crippen MR) is 77.6 cm³/mol. The van der Waals surface area contributed by atoms with Gasteiger partial charge in [0.05, 0.1) is 16.3 Å². The van der Waals surface area contributed by atoms with Crippen LogP contribution in [-0.2, 0) is 0 Å². The summed E-state index contributed by atoms with van der Waals surface area (Å²) in [4.78, 5) is 11.0. The monoisotopic (exact) mass is 296 g/mol. The zero-order valence-corrected chi connectivity index (χ0v) is 11.2. The van der Waals surface area contributed by atoms with Gasteiger partial charge in [-0.15, -0.1) is 0 Å². The number of carboxylic acids is 1. The van der Waals surface area contributed by atoms with Crippen LogP contribution in [0.15, 0.2) is 36.4 Å². The predicted octanol–water partition coefficient (Wildman–Crippen LogP) is 4.02. The van der Waals surface area contributed by atoms with Crippen molar-refractivity contribution in [3.05, 3.63) is 52.0 Å². The van der Waals surface area contributed by atoms with Gasteiger partial charge in [0.1, 0.15) is 0 Å². The Labute approximate surface area is 119 Å². The van der Waals surface area contributed by atoms with Crippen LogP contribution in [0, 0.1) is 0 Å². The molecule has 0 bridgehead atoms. The standard InChI is InChI=1S/C13H10Cl2N2O2/c14-7-1-3-10(15)12(5-7)17-8-2-4-11(16)9(6-8)13(18)19/h1-6,17H,16H2,(H,18,19). The number of benzene rings is 2. The summed E-state index contributed by atoms with van der Waals surface area (Å²) in [5.41, 5.74) is 6.97. The molecular formula is C13H10Cl2N2O2. The molecular weight excluding hydrogens is 287 g/mol. The molecule has 2 aromatic carbocycles. The molecule has 2 rings (SSSR count). The second kappa shape index (κ2) is 5.38. The number of nitrogens with two attached hydrogens (primary N) is 1. The number of aromatic carboxylic acids is 1. The second-order valence-corrected chi connectivity index (χ2v) is 4.70. The minimum atomic E-state index is -1.08. The van der Waals surface area contributed by atoms with E-state index in [1.54, 1.807) is 24.3 Å². The first-order valence-electron chi connectivity index (χ1n) is 5.32. The molecule has 0 fully saturated rings. The molecule has 0 saturated carbocycles. The van der Waals surface area contributed by atoms with E-state index < -0.39 is 5.97 Å². The van der Waals surface area contributed by atoms with E-state index in [1.165, 1.54) is 12.1 Å². The Bertz CT molecular complexity index is 645. The van der Waals surface area contributed by atoms with Crippen LogP contribution >= 0.6 is 23.2 Å². The van der Waals surface area contributed by atoms with Crippen LogP contribution in [0.5, 0.6) is 0 Å². The second-order valence-electron chi connectivity index (χ2n) is 3.86. The van der Waals surface area contributed by atoms with Gasteiger partial charge in [-0.2, -0.15) is 0 Å². The molecule has 2 aromatic rings. The summed E-state index contributed by atoms with van der Waals surface area (Å²) < 4.78 is 0. The highest BCUT2D eigenvalue weighted by Gasteiger charge is 2.09. The topological polar surface area (TPSA) is 75.3 Å². The SMILES string of the molecule is Nc1ccc(Nc2cc(Cl)ccc2Cl)cc1C(=O)O. The molecule has 0 unspecified atom stereocenters. The lowest BCUT2D eigenvalue weighted by atomic mass is 10.1. The van der Waals surface area contributed by atoms with E-state index in [1.807, 2.05) is 0 Å². The molecule has 0 amide bonds. The maximum Gasteiger partial charge on any atom is 0.337 e. The van der Waals surface area contributed by atoms with Crippen molar-refractivity contribution in [3.8, 4) is 0 Å². The fraction of sp³-hybridized carbons (Fsp3) is 0. The highest BCUT2D eigenvalue weighted by molar-refractivity contribution is 6.35. The Morgan fingerprint density at radius 1 is 1.16 bits per heavy atom. The number of nitrogens with one attached hydrogen (secondary N) is 1.